The summed E-state index contributed by atoms with van der Waals surface area (Å²) < 4.78 is 54.4. The van der Waals surface area contributed by atoms with E-state index >= 15 is 0 Å². The van der Waals surface area contributed by atoms with Crippen molar-refractivity contribution in [2.45, 2.75) is 44.9 Å². The molecule has 13 nitrogen and oxygen atoms in total. The summed E-state index contributed by atoms with van der Waals surface area (Å²) in [7, 11) is -2.34. The molecule has 3 N–H and O–H groups in total. The Kier molecular flexibility index (Phi) is 8.59. The Morgan fingerprint density at radius 1 is 1.20 bits per heavy atom. The van der Waals surface area contributed by atoms with Crippen molar-refractivity contribution >= 4 is 50.1 Å². The Bertz CT molecular complexity index is 1970. The van der Waals surface area contributed by atoms with Crippen LogP contribution in [0, 0.1) is 6.92 Å². The Balaban J connectivity index is 1.56. The molecule has 45 heavy (non-hydrogen) atoms. The number of β-amino-alcohol motifs (C(OH)–C–C–N with tert-alkyl or cyclic N) is 1. The van der Waals surface area contributed by atoms with Gasteiger partial charge in [-0.25, -0.2) is 27.8 Å². The van der Waals surface area contributed by atoms with Crippen molar-refractivity contribution in [1.29, 1.82) is 0 Å². The summed E-state index contributed by atoms with van der Waals surface area (Å²) in [6.45, 7) is 0.939. The lowest BCUT2D eigenvalue weighted by Gasteiger charge is -2.40. The highest BCUT2D eigenvalue weighted by molar-refractivity contribution is 7.89. The Morgan fingerprint density at radius 2 is 1.93 bits per heavy atom. The molecule has 5 rings (SSSR count). The highest BCUT2D eigenvalue weighted by Gasteiger charge is 2.40. The van der Waals surface area contributed by atoms with Crippen molar-refractivity contribution in [2.75, 3.05) is 29.6 Å². The SMILES string of the molecule is Cc1cc([C@@H](C)Nc2ccc(Cl)nc2C(=O)NS(C)(=O)=O)c2nc(N3CCC[C@](O)(c4ccnn4C(F)F)C3)n(C)c(=O)c2c1. The van der Waals surface area contributed by atoms with Crippen LogP contribution in [-0.4, -0.2) is 63.1 Å². The normalized spacial score (nSPS) is 17.9. The monoisotopic (exact) mass is 664 g/mol. The lowest BCUT2D eigenvalue weighted by Crippen LogP contribution is -2.49. The lowest BCUT2D eigenvalue weighted by atomic mass is 9.89. The molecule has 0 unspecified atom stereocenters. The minimum Gasteiger partial charge on any atom is -0.382 e. The number of alkyl halides is 2. The van der Waals surface area contributed by atoms with Crippen LogP contribution in [0.2, 0.25) is 5.15 Å². The van der Waals surface area contributed by atoms with Crippen molar-refractivity contribution < 1.29 is 27.1 Å². The van der Waals surface area contributed by atoms with E-state index in [9.17, 15) is 31.9 Å². The zero-order chi connectivity index (χ0) is 32.8. The average molecular weight is 665 g/mol. The number of nitrogens with one attached hydrogen (secondary N) is 2. The van der Waals surface area contributed by atoms with Crippen LogP contribution >= 0.6 is 11.6 Å². The van der Waals surface area contributed by atoms with Gasteiger partial charge in [0.15, 0.2) is 5.69 Å². The first-order chi connectivity index (χ1) is 21.1. The third kappa shape index (κ3) is 6.48. The maximum absolute atomic E-state index is 13.7. The molecule has 1 aliphatic rings. The number of nitrogens with zero attached hydrogens (tertiary/aromatic N) is 6. The second-order valence-electron chi connectivity index (χ2n) is 11.1. The number of aliphatic hydroxyl groups is 1. The molecule has 1 aromatic carbocycles. The van der Waals surface area contributed by atoms with Gasteiger partial charge in [-0.3, -0.25) is 14.2 Å². The minimum atomic E-state index is -3.89. The molecule has 1 amide bonds. The van der Waals surface area contributed by atoms with Crippen LogP contribution in [0.1, 0.15) is 59.7 Å². The fourth-order valence-corrected chi connectivity index (χ4v) is 6.24. The number of anilines is 2. The van der Waals surface area contributed by atoms with Crippen LogP contribution in [0.4, 0.5) is 20.4 Å². The third-order valence-electron chi connectivity index (χ3n) is 7.61. The van der Waals surface area contributed by atoms with E-state index in [4.69, 9.17) is 16.6 Å². The highest BCUT2D eigenvalue weighted by atomic mass is 35.5. The molecular formula is C28H31ClF2N8O5S. The average Bonchev–Trinajstić information content (AvgIpc) is 3.47. The number of fused-ring (bicyclic) bond motifs is 1. The van der Waals surface area contributed by atoms with E-state index in [0.717, 1.165) is 11.8 Å². The molecular weight excluding hydrogens is 634 g/mol. The van der Waals surface area contributed by atoms with Gasteiger partial charge in [0, 0.05) is 25.4 Å². The molecule has 4 aromatic rings. The first kappa shape index (κ1) is 32.2. The number of benzene rings is 1. The van der Waals surface area contributed by atoms with Gasteiger partial charge >= 0.3 is 6.55 Å². The maximum atomic E-state index is 13.7. The standard InChI is InChI=1S/C28H31ClF2N8O5S/c1-15-12-17(16(2)33-19-6-7-21(29)34-23(19)24(40)36-45(4,43)44)22-18(13-15)25(41)37(3)27(35-22)38-11-5-9-28(42,14-38)20-8-10-32-39(20)26(30)31/h6-8,10,12-13,16,26,33,42H,5,9,11,14H2,1-4H3,(H,36,40)/t16-,28-/m1/s1. The van der Waals surface area contributed by atoms with Crippen LogP contribution in [0.3, 0.4) is 0 Å². The van der Waals surface area contributed by atoms with Crippen molar-refractivity contribution in [1.82, 2.24) is 29.0 Å². The van der Waals surface area contributed by atoms with Gasteiger partial charge in [0.1, 0.15) is 10.8 Å². The molecule has 1 fully saturated rings. The third-order valence-corrected chi connectivity index (χ3v) is 8.38. The van der Waals surface area contributed by atoms with E-state index in [1.807, 2.05) is 17.7 Å². The zero-order valence-corrected chi connectivity index (χ0v) is 26.3. The molecule has 4 heterocycles. The van der Waals surface area contributed by atoms with Gasteiger partial charge in [-0.15, -0.1) is 0 Å². The number of aryl methyl sites for hydroxylation is 1. The van der Waals surface area contributed by atoms with Gasteiger partial charge in [-0.05, 0) is 56.5 Å². The number of carbonyl (C=O) groups excluding carboxylic acids is 1. The van der Waals surface area contributed by atoms with Gasteiger partial charge < -0.3 is 15.3 Å². The summed E-state index contributed by atoms with van der Waals surface area (Å²) in [4.78, 5) is 37.0. The predicted octanol–water partition coefficient (Wildman–Crippen LogP) is 3.23. The first-order valence-corrected chi connectivity index (χ1v) is 16.1. The number of sulfonamides is 1. The fourth-order valence-electron chi connectivity index (χ4n) is 5.66. The van der Waals surface area contributed by atoms with Gasteiger partial charge in [-0.1, -0.05) is 17.7 Å². The number of aromatic nitrogens is 5. The van der Waals surface area contributed by atoms with Crippen molar-refractivity contribution in [3.8, 4) is 0 Å². The molecule has 0 saturated carbocycles. The van der Waals surface area contributed by atoms with Gasteiger partial charge in [-0.2, -0.15) is 13.9 Å². The summed E-state index contributed by atoms with van der Waals surface area (Å²) in [6, 6.07) is 7.21. The number of pyridine rings is 1. The molecule has 0 radical (unpaired) electrons. The number of hydrogen-bond acceptors (Lipinski definition) is 10. The van der Waals surface area contributed by atoms with E-state index < -0.39 is 34.1 Å². The minimum absolute atomic E-state index is 0.0271. The van der Waals surface area contributed by atoms with Crippen molar-refractivity contribution in [3.05, 3.63) is 74.6 Å². The van der Waals surface area contributed by atoms with E-state index in [2.05, 4.69) is 15.4 Å². The van der Waals surface area contributed by atoms with Crippen LogP contribution in [-0.2, 0) is 22.7 Å². The molecule has 3 aromatic heterocycles. The molecule has 2 atom stereocenters. The summed E-state index contributed by atoms with van der Waals surface area (Å²) in [5.41, 5.74) is -0.455. The van der Waals surface area contributed by atoms with Gasteiger partial charge in [0.25, 0.3) is 11.5 Å². The second-order valence-corrected chi connectivity index (χ2v) is 13.3. The number of amides is 1. The van der Waals surface area contributed by atoms with E-state index in [1.165, 1.54) is 29.0 Å². The molecule has 0 aliphatic carbocycles. The first-order valence-electron chi connectivity index (χ1n) is 13.8. The predicted molar refractivity (Wildman–Crippen MR) is 164 cm³/mol. The van der Waals surface area contributed by atoms with Crippen molar-refractivity contribution in [2.24, 2.45) is 7.05 Å². The molecule has 0 bridgehead atoms. The molecule has 17 heteroatoms. The van der Waals surface area contributed by atoms with Crippen molar-refractivity contribution in [3.63, 3.8) is 0 Å². The molecule has 1 saturated heterocycles. The van der Waals surface area contributed by atoms with E-state index in [-0.39, 0.29) is 46.7 Å². The number of hydrogen-bond donors (Lipinski definition) is 3. The molecule has 0 spiro atoms. The van der Waals surface area contributed by atoms with Crippen LogP contribution < -0.4 is 20.5 Å². The summed E-state index contributed by atoms with van der Waals surface area (Å²) in [5.74, 6) is -0.753. The number of rotatable bonds is 8. The fraction of sp³-hybridized carbons (Fsp3) is 0.393. The van der Waals surface area contributed by atoms with Crippen LogP contribution in [0.15, 0.2) is 41.3 Å². The van der Waals surface area contributed by atoms with Gasteiger partial charge in [0.05, 0.1) is 41.1 Å². The smallest absolute Gasteiger partial charge is 0.333 e. The number of carbonyl (C=O) groups is 1. The Hall–Kier alpha value is -4.15. The Morgan fingerprint density at radius 3 is 2.62 bits per heavy atom. The van der Waals surface area contributed by atoms with Crippen LogP contribution in [0.5, 0.6) is 0 Å². The Labute approximate surface area is 261 Å². The molecule has 240 valence electrons. The highest BCUT2D eigenvalue weighted by Crippen LogP contribution is 2.35. The number of halogens is 3. The summed E-state index contributed by atoms with van der Waals surface area (Å²) in [5, 5.41) is 18.6. The maximum Gasteiger partial charge on any atom is 0.333 e. The van der Waals surface area contributed by atoms with E-state index in [1.54, 1.807) is 24.9 Å². The lowest BCUT2D eigenvalue weighted by molar-refractivity contribution is -0.0114. The quantitative estimate of drug-likeness (QED) is 0.238. The number of piperidine rings is 1. The van der Waals surface area contributed by atoms with Gasteiger partial charge in [0.2, 0.25) is 16.0 Å². The molecule has 1 aliphatic heterocycles. The summed E-state index contributed by atoms with van der Waals surface area (Å²) >= 11 is 6.00. The van der Waals surface area contributed by atoms with E-state index in [0.29, 0.717) is 34.1 Å². The van der Waals surface area contributed by atoms with Crippen LogP contribution in [0.25, 0.3) is 10.9 Å². The zero-order valence-electron chi connectivity index (χ0n) is 24.8. The summed E-state index contributed by atoms with van der Waals surface area (Å²) in [6.07, 6.45) is 2.68. The second kappa shape index (κ2) is 12.0. The largest absolute Gasteiger partial charge is 0.382 e. The topological polar surface area (TPSA) is 164 Å².